The third kappa shape index (κ3) is 3.93. The summed E-state index contributed by atoms with van der Waals surface area (Å²) < 4.78 is 40.5. The fraction of sp³-hybridized carbons (Fsp3) is 0.273. The molecule has 11 heteroatoms. The molecule has 0 spiro atoms. The molecule has 3 aromatic heterocycles. The lowest BCUT2D eigenvalue weighted by molar-refractivity contribution is 0.192. The van der Waals surface area contributed by atoms with Crippen LogP contribution in [-0.4, -0.2) is 51.8 Å². The van der Waals surface area contributed by atoms with Gasteiger partial charge >= 0.3 is 0 Å². The molecule has 0 amide bonds. The zero-order valence-corrected chi connectivity index (χ0v) is 20.1. The van der Waals surface area contributed by atoms with Crippen molar-refractivity contribution in [1.82, 2.24) is 24.1 Å². The highest BCUT2D eigenvalue weighted by atomic mass is 35.5. The first kappa shape index (κ1) is 22.3. The Labute approximate surface area is 200 Å². The fourth-order valence-corrected chi connectivity index (χ4v) is 5.76. The van der Waals surface area contributed by atoms with Crippen LogP contribution >= 0.6 is 23.2 Å². The number of hydrogen-bond donors (Lipinski definition) is 1. The summed E-state index contributed by atoms with van der Waals surface area (Å²) >= 11 is 12.6. The van der Waals surface area contributed by atoms with E-state index in [0.717, 1.165) is 22.1 Å². The van der Waals surface area contributed by atoms with Gasteiger partial charge in [0.1, 0.15) is 11.5 Å². The highest BCUT2D eigenvalue weighted by molar-refractivity contribution is 7.88. The molecular formula is C22H20Cl2FN5O2S. The molecule has 1 fully saturated rings. The molecule has 1 saturated heterocycles. The number of halogens is 3. The van der Waals surface area contributed by atoms with Gasteiger partial charge in [0.15, 0.2) is 0 Å². The first-order valence-corrected chi connectivity index (χ1v) is 12.8. The summed E-state index contributed by atoms with van der Waals surface area (Å²) in [6.45, 7) is 2.74. The minimum absolute atomic E-state index is 0.00488. The van der Waals surface area contributed by atoms with Crippen LogP contribution in [0.1, 0.15) is 30.0 Å². The number of hydrogen-bond acceptors (Lipinski definition) is 4. The van der Waals surface area contributed by atoms with E-state index in [0.29, 0.717) is 29.3 Å². The predicted molar refractivity (Wildman–Crippen MR) is 127 cm³/mol. The largest absolute Gasteiger partial charge is 0.346 e. The molecule has 0 radical (unpaired) electrons. The number of H-pyrrole nitrogens is 1. The number of pyridine rings is 1. The van der Waals surface area contributed by atoms with E-state index in [1.165, 1.54) is 22.7 Å². The summed E-state index contributed by atoms with van der Waals surface area (Å²) in [6, 6.07) is 4.76. The molecule has 4 aromatic rings. The maximum absolute atomic E-state index is 14.1. The maximum Gasteiger partial charge on any atom is 0.211 e. The van der Waals surface area contributed by atoms with Crippen molar-refractivity contribution in [2.75, 3.05) is 19.3 Å². The van der Waals surface area contributed by atoms with Crippen LogP contribution in [0.15, 0.2) is 43.0 Å². The molecule has 0 saturated carbocycles. The van der Waals surface area contributed by atoms with E-state index < -0.39 is 15.8 Å². The Morgan fingerprint density at radius 1 is 1.21 bits per heavy atom. The number of nitrogens with one attached hydrogen (secondary N) is 1. The molecule has 172 valence electrons. The third-order valence-corrected chi connectivity index (χ3v) is 8.10. The van der Waals surface area contributed by atoms with Crippen LogP contribution in [0, 0.1) is 5.82 Å². The number of rotatable bonds is 5. The number of aromatic nitrogens is 4. The van der Waals surface area contributed by atoms with Gasteiger partial charge in [-0.05, 0) is 29.3 Å². The highest BCUT2D eigenvalue weighted by Gasteiger charge is 2.34. The maximum atomic E-state index is 14.1. The van der Waals surface area contributed by atoms with Gasteiger partial charge in [-0.15, -0.1) is 0 Å². The van der Waals surface area contributed by atoms with Crippen LogP contribution in [0.2, 0.25) is 10.0 Å². The third-order valence-electron chi connectivity index (χ3n) is 6.15. The second-order valence-electron chi connectivity index (χ2n) is 8.29. The summed E-state index contributed by atoms with van der Waals surface area (Å²) in [5.74, 6) is -0.786. The van der Waals surface area contributed by atoms with Crippen molar-refractivity contribution in [2.45, 2.75) is 18.9 Å². The summed E-state index contributed by atoms with van der Waals surface area (Å²) in [5, 5.41) is 5.70. The zero-order valence-electron chi connectivity index (χ0n) is 17.8. The van der Waals surface area contributed by atoms with Crippen molar-refractivity contribution in [3.8, 4) is 11.1 Å². The van der Waals surface area contributed by atoms with Crippen molar-refractivity contribution in [2.24, 2.45) is 0 Å². The summed E-state index contributed by atoms with van der Waals surface area (Å²) in [7, 11) is -3.18. The van der Waals surface area contributed by atoms with Gasteiger partial charge in [-0.1, -0.05) is 30.1 Å². The molecule has 0 bridgehead atoms. The second kappa shape index (κ2) is 8.09. The van der Waals surface area contributed by atoms with Crippen molar-refractivity contribution >= 4 is 44.3 Å². The van der Waals surface area contributed by atoms with Crippen LogP contribution in [-0.2, 0) is 10.0 Å². The molecule has 33 heavy (non-hydrogen) atoms. The minimum atomic E-state index is -3.18. The number of nitrogens with zero attached hydrogens (tertiary/aromatic N) is 4. The Kier molecular flexibility index (Phi) is 5.48. The Bertz CT molecular complexity index is 1480. The zero-order chi connectivity index (χ0) is 23.5. The molecule has 5 rings (SSSR count). The summed E-state index contributed by atoms with van der Waals surface area (Å²) in [5.41, 5.74) is 3.84. The molecule has 1 N–H and O–H groups in total. The standard InChI is InChI=1S/C22H20Cl2FN5O2S/c1-12(20-18(23)3-4-19(25)21(20)24)17-8-27-22-16(17)5-13(6-26-22)14-7-28-30(9-14)15-10-29(11-15)33(2,31)32/h3-9,12,15H,10-11H2,1-2H3,(H,26,27). The van der Waals surface area contributed by atoms with Gasteiger partial charge in [-0.25, -0.2) is 17.8 Å². The molecule has 0 aliphatic carbocycles. The van der Waals surface area contributed by atoms with Gasteiger partial charge in [-0.3, -0.25) is 4.68 Å². The van der Waals surface area contributed by atoms with E-state index >= 15 is 0 Å². The lowest BCUT2D eigenvalue weighted by Gasteiger charge is -2.37. The van der Waals surface area contributed by atoms with Gasteiger partial charge < -0.3 is 4.98 Å². The van der Waals surface area contributed by atoms with Crippen LogP contribution in [0.25, 0.3) is 22.2 Å². The molecule has 1 aliphatic rings. The van der Waals surface area contributed by atoms with E-state index in [2.05, 4.69) is 15.1 Å². The number of aromatic amines is 1. The van der Waals surface area contributed by atoms with Gasteiger partial charge in [0, 0.05) is 59.1 Å². The molecule has 1 aliphatic heterocycles. The fourth-order valence-electron chi connectivity index (χ4n) is 4.18. The Balaban J connectivity index is 1.47. The second-order valence-corrected chi connectivity index (χ2v) is 11.1. The molecule has 1 unspecified atom stereocenters. The lowest BCUT2D eigenvalue weighted by atomic mass is 9.92. The molecule has 1 atom stereocenters. The Morgan fingerprint density at radius 2 is 1.97 bits per heavy atom. The predicted octanol–water partition coefficient (Wildman–Crippen LogP) is 4.84. The number of fused-ring (bicyclic) bond motifs is 1. The van der Waals surface area contributed by atoms with Crippen molar-refractivity contribution in [1.29, 1.82) is 0 Å². The van der Waals surface area contributed by atoms with E-state index in [4.69, 9.17) is 23.2 Å². The van der Waals surface area contributed by atoms with Crippen LogP contribution in [0.3, 0.4) is 0 Å². The molecule has 4 heterocycles. The van der Waals surface area contributed by atoms with Gasteiger partial charge in [0.2, 0.25) is 10.0 Å². The van der Waals surface area contributed by atoms with Crippen LogP contribution < -0.4 is 0 Å². The van der Waals surface area contributed by atoms with Crippen molar-refractivity contribution < 1.29 is 12.8 Å². The first-order chi connectivity index (χ1) is 15.6. The summed E-state index contributed by atoms with van der Waals surface area (Å²) in [4.78, 5) is 7.69. The minimum Gasteiger partial charge on any atom is -0.346 e. The highest BCUT2D eigenvalue weighted by Crippen LogP contribution is 2.39. The van der Waals surface area contributed by atoms with Crippen LogP contribution in [0.5, 0.6) is 0 Å². The lowest BCUT2D eigenvalue weighted by Crippen LogP contribution is -2.50. The quantitative estimate of drug-likeness (QED) is 0.391. The number of benzene rings is 1. The average molecular weight is 508 g/mol. The van der Waals surface area contributed by atoms with Gasteiger partial charge in [0.05, 0.1) is 23.5 Å². The van der Waals surface area contributed by atoms with Gasteiger partial charge in [-0.2, -0.15) is 9.40 Å². The van der Waals surface area contributed by atoms with Crippen LogP contribution in [0.4, 0.5) is 4.39 Å². The van der Waals surface area contributed by atoms with E-state index in [1.54, 1.807) is 17.1 Å². The Morgan fingerprint density at radius 3 is 2.70 bits per heavy atom. The van der Waals surface area contributed by atoms with E-state index in [-0.39, 0.29) is 17.0 Å². The van der Waals surface area contributed by atoms with E-state index in [1.807, 2.05) is 25.4 Å². The monoisotopic (exact) mass is 507 g/mol. The Hall–Kier alpha value is -2.46. The average Bonchev–Trinajstić information content (AvgIpc) is 3.35. The molecule has 7 nitrogen and oxygen atoms in total. The summed E-state index contributed by atoms with van der Waals surface area (Å²) in [6.07, 6.45) is 8.42. The van der Waals surface area contributed by atoms with Crippen molar-refractivity contribution in [3.05, 3.63) is 70.0 Å². The topological polar surface area (TPSA) is 83.9 Å². The molecule has 1 aromatic carbocycles. The van der Waals surface area contributed by atoms with Gasteiger partial charge in [0.25, 0.3) is 0 Å². The normalized spacial score (nSPS) is 16.3. The number of sulfonamides is 1. The van der Waals surface area contributed by atoms with E-state index in [9.17, 15) is 12.8 Å². The molecular weight excluding hydrogens is 488 g/mol. The first-order valence-electron chi connectivity index (χ1n) is 10.2. The SMILES string of the molecule is CC(c1c(Cl)ccc(F)c1Cl)c1c[nH]c2ncc(-c3cnn(C4CN(S(C)(=O)=O)C4)c3)cc12. The van der Waals surface area contributed by atoms with Crippen molar-refractivity contribution in [3.63, 3.8) is 0 Å². The smallest absolute Gasteiger partial charge is 0.211 e.